The number of carbonyl (C=O) groups excluding carboxylic acids is 1. The molecule has 1 aliphatic carbocycles. The van der Waals surface area contributed by atoms with E-state index in [0.29, 0.717) is 6.42 Å². The van der Waals surface area contributed by atoms with Gasteiger partial charge in [0.25, 0.3) is 5.91 Å². The lowest BCUT2D eigenvalue weighted by Gasteiger charge is -2.36. The minimum absolute atomic E-state index is 0.146. The number of carboxylic acid groups (broad SMARTS) is 3. The van der Waals surface area contributed by atoms with E-state index in [-0.39, 0.29) is 12.1 Å². The lowest BCUT2D eigenvalue weighted by Crippen LogP contribution is -2.36. The summed E-state index contributed by atoms with van der Waals surface area (Å²) >= 11 is 0. The van der Waals surface area contributed by atoms with Crippen molar-refractivity contribution < 1.29 is 48.7 Å². The monoisotopic (exact) mass is 590 g/mol. The number of rotatable bonds is 8. The highest BCUT2D eigenvalue weighted by Crippen LogP contribution is 2.40. The van der Waals surface area contributed by atoms with Crippen LogP contribution in [0.1, 0.15) is 58.8 Å². The first-order chi connectivity index (χ1) is 20.7. The van der Waals surface area contributed by atoms with Gasteiger partial charge >= 0.3 is 18.5 Å². The summed E-state index contributed by atoms with van der Waals surface area (Å²) < 4.78 is 14.2. The Labute approximate surface area is 246 Å². The van der Waals surface area contributed by atoms with Crippen LogP contribution in [0.3, 0.4) is 0 Å². The zero-order valence-electron chi connectivity index (χ0n) is 23.1. The smallest absolute Gasteiger partial charge is 0.449 e. The van der Waals surface area contributed by atoms with Crippen LogP contribution in [0.25, 0.3) is 0 Å². The van der Waals surface area contributed by atoms with Gasteiger partial charge in [0.05, 0.1) is 11.6 Å². The van der Waals surface area contributed by atoms with Crippen LogP contribution < -0.4 is 19.1 Å². The average Bonchev–Trinajstić information content (AvgIpc) is 3.51. The lowest BCUT2D eigenvalue weighted by atomic mass is 9.86. The van der Waals surface area contributed by atoms with E-state index >= 15 is 0 Å². The highest BCUT2D eigenvalue weighted by molar-refractivity contribution is 5.99. The second kappa shape index (κ2) is 12.7. The molecule has 1 saturated heterocycles. The molecule has 12 heteroatoms. The summed E-state index contributed by atoms with van der Waals surface area (Å²) in [5, 5.41) is 27.8. The van der Waals surface area contributed by atoms with Crippen LogP contribution in [-0.2, 0) is 13.0 Å². The molecule has 0 unspecified atom stereocenters. The molecular weight excluding hydrogens is 560 g/mol. The molecule has 0 radical (unpaired) electrons. The number of ether oxygens (including phenoxy) is 3. The third kappa shape index (κ3) is 6.80. The van der Waals surface area contributed by atoms with Crippen LogP contribution in [0.2, 0.25) is 0 Å². The van der Waals surface area contributed by atoms with Gasteiger partial charge in [0.1, 0.15) is 0 Å². The molecule has 1 amide bonds. The molecule has 0 spiro atoms. The fourth-order valence-corrected chi connectivity index (χ4v) is 5.75. The Kier molecular flexibility index (Phi) is 8.65. The van der Waals surface area contributed by atoms with Gasteiger partial charge in [0.2, 0.25) is 0 Å². The minimum Gasteiger partial charge on any atom is -0.449 e. The van der Waals surface area contributed by atoms with Crippen molar-refractivity contribution in [3.63, 3.8) is 0 Å². The van der Waals surface area contributed by atoms with E-state index in [9.17, 15) is 29.4 Å². The fourth-order valence-electron chi connectivity index (χ4n) is 5.75. The molecule has 224 valence electrons. The SMILES string of the molecule is O=C(O)Oc1cc(OC(=O)O)c(C(=O)N(Cc2ccc(N3CCCC3)cc2)[C@H]2CCCc3ccccc32)cc1OC(=O)O. The molecule has 0 bridgehead atoms. The minimum atomic E-state index is -1.81. The van der Waals surface area contributed by atoms with Gasteiger partial charge in [-0.05, 0) is 60.9 Å². The van der Waals surface area contributed by atoms with Crippen molar-refractivity contribution in [2.45, 2.75) is 44.7 Å². The summed E-state index contributed by atoms with van der Waals surface area (Å²) in [6.45, 7) is 2.11. The number of nitrogens with zero attached hydrogens (tertiary/aromatic N) is 2. The standard InChI is InChI=1S/C31H30N2O10/c34-28(23-16-26(42-30(37)38)27(43-31(39)40)17-25(23)41-29(35)36)33(24-9-5-7-20-6-1-2-8-22(20)24)18-19-10-12-21(13-11-19)32-14-3-4-15-32/h1-2,6,8,10-13,16-17,24H,3-5,7,9,14-15,18H2,(H,35,36)(H,37,38)(H,39,40)/t24-/m0/s1. The van der Waals surface area contributed by atoms with Crippen LogP contribution in [0.5, 0.6) is 17.2 Å². The Morgan fingerprint density at radius 2 is 1.37 bits per heavy atom. The molecular formula is C31H30N2O10. The van der Waals surface area contributed by atoms with Crippen molar-refractivity contribution in [2.75, 3.05) is 18.0 Å². The number of hydrogen-bond donors (Lipinski definition) is 3. The Morgan fingerprint density at radius 3 is 2.02 bits per heavy atom. The number of anilines is 1. The van der Waals surface area contributed by atoms with Crippen molar-refractivity contribution in [1.29, 1.82) is 0 Å². The molecule has 3 N–H and O–H groups in total. The molecule has 0 aromatic heterocycles. The second-order valence-corrected chi connectivity index (χ2v) is 10.3. The van der Waals surface area contributed by atoms with E-state index in [1.165, 1.54) is 0 Å². The van der Waals surface area contributed by atoms with Crippen LogP contribution in [-0.4, -0.2) is 57.7 Å². The maximum atomic E-state index is 14.4. The van der Waals surface area contributed by atoms with Gasteiger partial charge in [-0.15, -0.1) is 0 Å². The molecule has 43 heavy (non-hydrogen) atoms. The Morgan fingerprint density at radius 1 is 0.767 bits per heavy atom. The zero-order chi connectivity index (χ0) is 30.5. The van der Waals surface area contributed by atoms with Gasteiger partial charge in [0, 0.05) is 37.5 Å². The van der Waals surface area contributed by atoms with Crippen molar-refractivity contribution in [3.05, 3.63) is 82.9 Å². The van der Waals surface area contributed by atoms with E-state index in [4.69, 9.17) is 14.6 Å². The lowest BCUT2D eigenvalue weighted by molar-refractivity contribution is 0.0633. The molecule has 2 aliphatic rings. The Balaban J connectivity index is 1.58. The number of benzene rings is 3. The van der Waals surface area contributed by atoms with Crippen LogP contribution >= 0.6 is 0 Å². The van der Waals surface area contributed by atoms with Crippen molar-refractivity contribution in [1.82, 2.24) is 4.90 Å². The summed E-state index contributed by atoms with van der Waals surface area (Å²) in [6, 6.07) is 17.0. The molecule has 1 heterocycles. The van der Waals surface area contributed by atoms with Crippen molar-refractivity contribution >= 4 is 30.1 Å². The number of carbonyl (C=O) groups is 4. The number of hydrogen-bond acceptors (Lipinski definition) is 8. The van der Waals surface area contributed by atoms with Crippen molar-refractivity contribution in [3.8, 4) is 17.2 Å². The van der Waals surface area contributed by atoms with E-state index < -0.39 is 47.7 Å². The van der Waals surface area contributed by atoms with E-state index in [2.05, 4.69) is 9.64 Å². The van der Waals surface area contributed by atoms with Crippen molar-refractivity contribution in [2.24, 2.45) is 0 Å². The maximum absolute atomic E-state index is 14.4. The third-order valence-electron chi connectivity index (χ3n) is 7.60. The topological polar surface area (TPSA) is 163 Å². The van der Waals surface area contributed by atoms with Gasteiger partial charge < -0.3 is 39.3 Å². The molecule has 1 fully saturated rings. The van der Waals surface area contributed by atoms with Crippen LogP contribution in [0, 0.1) is 0 Å². The fraction of sp³-hybridized carbons (Fsp3) is 0.290. The molecule has 5 rings (SSSR count). The van der Waals surface area contributed by atoms with Crippen LogP contribution in [0.15, 0.2) is 60.7 Å². The Bertz CT molecular complexity index is 1530. The molecule has 3 aromatic carbocycles. The summed E-state index contributed by atoms with van der Waals surface area (Å²) in [4.78, 5) is 52.5. The van der Waals surface area contributed by atoms with Gasteiger partial charge in [-0.3, -0.25) is 4.79 Å². The number of amides is 1. The highest BCUT2D eigenvalue weighted by Gasteiger charge is 2.33. The highest BCUT2D eigenvalue weighted by atomic mass is 16.7. The summed E-state index contributed by atoms with van der Waals surface area (Å²) in [5.41, 5.74) is 3.61. The summed E-state index contributed by atoms with van der Waals surface area (Å²) in [7, 11) is 0. The zero-order valence-corrected chi connectivity index (χ0v) is 23.1. The molecule has 3 aromatic rings. The summed E-state index contributed by atoms with van der Waals surface area (Å²) in [6.07, 6.45) is -0.839. The maximum Gasteiger partial charge on any atom is 0.511 e. The number of fused-ring (bicyclic) bond motifs is 1. The average molecular weight is 591 g/mol. The van der Waals surface area contributed by atoms with Gasteiger partial charge in [-0.2, -0.15) is 0 Å². The first kappa shape index (κ1) is 29.2. The predicted octanol–water partition coefficient (Wildman–Crippen LogP) is 6.18. The Hall–Kier alpha value is -5.26. The first-order valence-corrected chi connectivity index (χ1v) is 13.8. The number of aryl methyl sites for hydroxylation is 1. The molecule has 12 nitrogen and oxygen atoms in total. The third-order valence-corrected chi connectivity index (χ3v) is 7.60. The first-order valence-electron chi connectivity index (χ1n) is 13.8. The van der Waals surface area contributed by atoms with Crippen LogP contribution in [0.4, 0.5) is 20.1 Å². The van der Waals surface area contributed by atoms with Gasteiger partial charge in [0.15, 0.2) is 17.2 Å². The second-order valence-electron chi connectivity index (χ2n) is 10.3. The molecule has 1 aliphatic heterocycles. The van der Waals surface area contributed by atoms with E-state index in [1.807, 2.05) is 48.5 Å². The quantitative estimate of drug-likeness (QED) is 0.203. The van der Waals surface area contributed by atoms with E-state index in [1.54, 1.807) is 4.90 Å². The summed E-state index contributed by atoms with van der Waals surface area (Å²) in [5.74, 6) is -2.48. The predicted molar refractivity (Wildman–Crippen MR) is 152 cm³/mol. The van der Waals surface area contributed by atoms with Gasteiger partial charge in [-0.1, -0.05) is 36.4 Å². The molecule has 1 atom stereocenters. The van der Waals surface area contributed by atoms with Gasteiger partial charge in [-0.25, -0.2) is 14.4 Å². The van der Waals surface area contributed by atoms with E-state index in [0.717, 1.165) is 73.3 Å². The molecule has 0 saturated carbocycles. The largest absolute Gasteiger partial charge is 0.511 e. The normalized spacial score (nSPS) is 15.7.